The van der Waals surface area contributed by atoms with Crippen LogP contribution in [-0.2, 0) is 23.0 Å². The topological polar surface area (TPSA) is 88.2 Å². The summed E-state index contributed by atoms with van der Waals surface area (Å²) in [6, 6.07) is 6.68. The van der Waals surface area contributed by atoms with Crippen LogP contribution >= 0.6 is 11.3 Å². The van der Waals surface area contributed by atoms with Gasteiger partial charge in [0.05, 0.1) is 15.6 Å². The third kappa shape index (κ3) is 5.37. The average Bonchev–Trinajstić information content (AvgIpc) is 3.32. The Balaban J connectivity index is 1.59. The molecule has 0 radical (unpaired) electrons. The maximum Gasteiger partial charge on any atom is 0.263 e. The fraction of sp³-hybridized carbons (Fsp3) is 0.474. The van der Waals surface area contributed by atoms with E-state index in [1.807, 2.05) is 6.92 Å². The normalized spacial score (nSPS) is 14.5. The van der Waals surface area contributed by atoms with Gasteiger partial charge in [0.15, 0.2) is 0 Å². The number of thiazole rings is 1. The molecule has 0 spiro atoms. The molecular weight excluding hydrogens is 382 g/mol. The molecule has 27 heavy (non-hydrogen) atoms. The number of amides is 1. The Morgan fingerprint density at radius 1 is 1.26 bits per heavy atom. The second-order valence-electron chi connectivity index (χ2n) is 7.34. The molecule has 0 saturated heterocycles. The van der Waals surface area contributed by atoms with Gasteiger partial charge in [0.2, 0.25) is 10.0 Å². The second kappa shape index (κ2) is 8.08. The van der Waals surface area contributed by atoms with Gasteiger partial charge in [-0.2, -0.15) is 0 Å². The first-order chi connectivity index (χ1) is 12.7. The number of benzene rings is 1. The Bertz CT molecular complexity index is 914. The Morgan fingerprint density at radius 3 is 2.52 bits per heavy atom. The highest BCUT2D eigenvalue weighted by atomic mass is 32.2. The van der Waals surface area contributed by atoms with Crippen molar-refractivity contribution in [3.63, 3.8) is 0 Å². The molecule has 146 valence electrons. The first-order valence-electron chi connectivity index (χ1n) is 9.10. The van der Waals surface area contributed by atoms with Crippen LogP contribution < -0.4 is 10.0 Å². The number of hydrogen-bond donors (Lipinski definition) is 2. The third-order valence-corrected chi connectivity index (χ3v) is 6.93. The lowest BCUT2D eigenvalue weighted by Crippen LogP contribution is -2.26. The molecule has 0 aliphatic heterocycles. The molecule has 1 aliphatic carbocycles. The Kier molecular flexibility index (Phi) is 5.98. The van der Waals surface area contributed by atoms with Crippen molar-refractivity contribution in [3.8, 4) is 0 Å². The lowest BCUT2D eigenvalue weighted by atomic mass is 10.1. The largest absolute Gasteiger partial charge is 0.347 e. The summed E-state index contributed by atoms with van der Waals surface area (Å²) >= 11 is 1.44. The van der Waals surface area contributed by atoms with E-state index in [4.69, 9.17) is 0 Å². The first kappa shape index (κ1) is 20.0. The molecule has 2 aromatic rings. The van der Waals surface area contributed by atoms with E-state index in [0.717, 1.165) is 35.5 Å². The zero-order chi connectivity index (χ0) is 19.6. The smallest absolute Gasteiger partial charge is 0.263 e. The number of rotatable bonds is 8. The van der Waals surface area contributed by atoms with E-state index in [0.29, 0.717) is 17.3 Å². The highest BCUT2D eigenvalue weighted by Crippen LogP contribution is 2.23. The van der Waals surface area contributed by atoms with Gasteiger partial charge in [-0.1, -0.05) is 26.0 Å². The van der Waals surface area contributed by atoms with Crippen molar-refractivity contribution in [1.82, 2.24) is 15.0 Å². The predicted molar refractivity (Wildman–Crippen MR) is 106 cm³/mol. The lowest BCUT2D eigenvalue weighted by Gasteiger charge is -2.08. The minimum Gasteiger partial charge on any atom is -0.347 e. The second-order valence-corrected chi connectivity index (χ2v) is 10.1. The van der Waals surface area contributed by atoms with Crippen molar-refractivity contribution < 1.29 is 13.2 Å². The van der Waals surface area contributed by atoms with E-state index in [-0.39, 0.29) is 16.8 Å². The van der Waals surface area contributed by atoms with Gasteiger partial charge in [-0.3, -0.25) is 4.79 Å². The van der Waals surface area contributed by atoms with Crippen LogP contribution in [0, 0.1) is 12.8 Å². The van der Waals surface area contributed by atoms with E-state index in [9.17, 15) is 13.2 Å². The van der Waals surface area contributed by atoms with Crippen LogP contribution in [-0.4, -0.2) is 25.4 Å². The van der Waals surface area contributed by atoms with Crippen LogP contribution in [0.2, 0.25) is 0 Å². The highest BCUT2D eigenvalue weighted by molar-refractivity contribution is 7.89. The van der Waals surface area contributed by atoms with Crippen molar-refractivity contribution in [2.24, 2.45) is 5.92 Å². The monoisotopic (exact) mass is 407 g/mol. The van der Waals surface area contributed by atoms with Gasteiger partial charge in [-0.05, 0) is 43.4 Å². The SMILES string of the molecule is Cc1nc(CC(C)C)sc1C(=O)NCc1ccc(S(=O)(=O)NC2CC2)cc1. The van der Waals surface area contributed by atoms with Gasteiger partial charge in [-0.25, -0.2) is 18.1 Å². The van der Waals surface area contributed by atoms with Crippen LogP contribution in [0.25, 0.3) is 0 Å². The zero-order valence-electron chi connectivity index (χ0n) is 15.8. The van der Waals surface area contributed by atoms with Gasteiger partial charge in [-0.15, -0.1) is 11.3 Å². The highest BCUT2D eigenvalue weighted by Gasteiger charge is 2.27. The van der Waals surface area contributed by atoms with Crippen LogP contribution in [0.15, 0.2) is 29.2 Å². The van der Waals surface area contributed by atoms with Gasteiger partial charge >= 0.3 is 0 Å². The lowest BCUT2D eigenvalue weighted by molar-refractivity contribution is 0.0954. The molecule has 3 rings (SSSR count). The number of aromatic nitrogens is 1. The number of nitrogens with zero attached hydrogens (tertiary/aromatic N) is 1. The molecule has 1 saturated carbocycles. The Morgan fingerprint density at radius 2 is 1.93 bits per heavy atom. The van der Waals surface area contributed by atoms with E-state index >= 15 is 0 Å². The van der Waals surface area contributed by atoms with Crippen LogP contribution in [0.1, 0.15) is 52.6 Å². The zero-order valence-corrected chi connectivity index (χ0v) is 17.4. The van der Waals surface area contributed by atoms with Crippen molar-refractivity contribution in [3.05, 3.63) is 45.4 Å². The molecule has 1 fully saturated rings. The van der Waals surface area contributed by atoms with Crippen LogP contribution in [0.5, 0.6) is 0 Å². The third-order valence-electron chi connectivity index (χ3n) is 4.22. The van der Waals surface area contributed by atoms with Crippen molar-refractivity contribution in [2.45, 2.75) is 57.5 Å². The molecule has 1 aromatic heterocycles. The quantitative estimate of drug-likeness (QED) is 0.704. The van der Waals surface area contributed by atoms with Gasteiger partial charge in [0.25, 0.3) is 5.91 Å². The molecule has 0 bridgehead atoms. The molecule has 0 atom stereocenters. The predicted octanol–water partition coefficient (Wildman–Crippen LogP) is 3.02. The maximum absolute atomic E-state index is 12.4. The summed E-state index contributed by atoms with van der Waals surface area (Å²) in [4.78, 5) is 17.8. The van der Waals surface area contributed by atoms with E-state index in [1.165, 1.54) is 11.3 Å². The van der Waals surface area contributed by atoms with E-state index in [1.54, 1.807) is 24.3 Å². The number of hydrogen-bond acceptors (Lipinski definition) is 5. The molecule has 0 unspecified atom stereocenters. The molecule has 2 N–H and O–H groups in total. The number of nitrogens with one attached hydrogen (secondary N) is 2. The maximum atomic E-state index is 12.4. The fourth-order valence-electron chi connectivity index (χ4n) is 2.64. The standard InChI is InChI=1S/C19H25N3O3S2/c1-12(2)10-17-21-13(3)18(26-17)19(23)20-11-14-4-8-16(9-5-14)27(24,25)22-15-6-7-15/h4-5,8-9,12,15,22H,6-7,10-11H2,1-3H3,(H,20,23). The Labute approximate surface area is 164 Å². The van der Waals surface area contributed by atoms with Crippen LogP contribution in [0.4, 0.5) is 0 Å². The van der Waals surface area contributed by atoms with Gasteiger partial charge in [0, 0.05) is 19.0 Å². The summed E-state index contributed by atoms with van der Waals surface area (Å²) in [5.41, 5.74) is 1.60. The molecular formula is C19H25N3O3S2. The van der Waals surface area contributed by atoms with Crippen LogP contribution in [0.3, 0.4) is 0 Å². The molecule has 6 nitrogen and oxygen atoms in total. The summed E-state index contributed by atoms with van der Waals surface area (Å²) in [5.74, 6) is 0.350. The fourth-order valence-corrected chi connectivity index (χ4v) is 5.14. The summed E-state index contributed by atoms with van der Waals surface area (Å²) < 4.78 is 27.0. The van der Waals surface area contributed by atoms with Gasteiger partial charge in [0.1, 0.15) is 4.88 Å². The van der Waals surface area contributed by atoms with Gasteiger partial charge < -0.3 is 5.32 Å². The number of aryl methyl sites for hydroxylation is 1. The summed E-state index contributed by atoms with van der Waals surface area (Å²) in [5, 5.41) is 3.87. The average molecular weight is 408 g/mol. The Hall–Kier alpha value is -1.77. The summed E-state index contributed by atoms with van der Waals surface area (Å²) in [7, 11) is -3.44. The first-order valence-corrected chi connectivity index (χ1v) is 11.4. The molecule has 8 heteroatoms. The number of sulfonamides is 1. The molecule has 1 aromatic carbocycles. The molecule has 1 amide bonds. The minimum atomic E-state index is -3.44. The molecule has 1 heterocycles. The van der Waals surface area contributed by atoms with Crippen molar-refractivity contribution in [1.29, 1.82) is 0 Å². The summed E-state index contributed by atoms with van der Waals surface area (Å²) in [6.45, 7) is 6.44. The molecule has 1 aliphatic rings. The minimum absolute atomic E-state index is 0.0807. The number of carbonyl (C=O) groups is 1. The van der Waals surface area contributed by atoms with E-state index in [2.05, 4.69) is 28.9 Å². The number of carbonyl (C=O) groups excluding carboxylic acids is 1. The van der Waals surface area contributed by atoms with Crippen molar-refractivity contribution in [2.75, 3.05) is 0 Å². The van der Waals surface area contributed by atoms with Crippen molar-refractivity contribution >= 4 is 27.3 Å². The summed E-state index contributed by atoms with van der Waals surface area (Å²) in [6.07, 6.45) is 2.67. The van der Waals surface area contributed by atoms with E-state index < -0.39 is 10.0 Å².